The van der Waals surface area contributed by atoms with Crippen LogP contribution in [-0.4, -0.2) is 25.5 Å². The zero-order valence-electron chi connectivity index (χ0n) is 16.1. The van der Waals surface area contributed by atoms with Crippen molar-refractivity contribution in [1.29, 1.82) is 0 Å². The highest BCUT2D eigenvalue weighted by molar-refractivity contribution is 5.94. The number of amides is 1. The molecule has 9 heteroatoms. The zero-order valence-corrected chi connectivity index (χ0v) is 16.1. The normalized spacial score (nSPS) is 10.9. The fraction of sp³-hybridized carbons (Fsp3) is 0.143. The van der Waals surface area contributed by atoms with Gasteiger partial charge < -0.3 is 10.6 Å². The molecule has 0 saturated carbocycles. The van der Waals surface area contributed by atoms with Crippen molar-refractivity contribution in [3.63, 3.8) is 0 Å². The number of benzene rings is 2. The Labute approximate surface area is 170 Å². The molecule has 30 heavy (non-hydrogen) atoms. The van der Waals surface area contributed by atoms with Gasteiger partial charge in [0.2, 0.25) is 5.95 Å². The minimum absolute atomic E-state index is 0.211. The molecular formula is C21H19FN6O2. The number of carbonyl (C=O) groups is 1. The average Bonchev–Trinajstić information content (AvgIpc) is 3.15. The van der Waals surface area contributed by atoms with E-state index >= 15 is 0 Å². The van der Waals surface area contributed by atoms with Gasteiger partial charge in [-0.15, -0.1) is 0 Å². The Balaban J connectivity index is 1.35. The Bertz CT molecular complexity index is 1250. The fourth-order valence-corrected chi connectivity index (χ4v) is 2.92. The van der Waals surface area contributed by atoms with Crippen LogP contribution in [0.3, 0.4) is 0 Å². The number of aromatic nitrogens is 4. The van der Waals surface area contributed by atoms with E-state index in [0.29, 0.717) is 36.1 Å². The highest BCUT2D eigenvalue weighted by atomic mass is 19.1. The van der Waals surface area contributed by atoms with Gasteiger partial charge in [-0.1, -0.05) is 24.3 Å². The number of fused-ring (bicyclic) bond motifs is 1. The summed E-state index contributed by atoms with van der Waals surface area (Å²) in [6.07, 6.45) is 0. The van der Waals surface area contributed by atoms with E-state index < -0.39 is 0 Å². The van der Waals surface area contributed by atoms with Gasteiger partial charge in [0, 0.05) is 30.4 Å². The van der Waals surface area contributed by atoms with E-state index in [-0.39, 0.29) is 17.3 Å². The number of hydrogen-bond acceptors (Lipinski definition) is 5. The number of carbonyl (C=O) groups excluding carboxylic acids is 1. The highest BCUT2D eigenvalue weighted by Crippen LogP contribution is 2.09. The molecule has 0 unspecified atom stereocenters. The molecule has 0 fully saturated rings. The molecule has 3 N–H and O–H groups in total. The first-order valence-electron chi connectivity index (χ1n) is 9.30. The molecule has 0 aliphatic rings. The summed E-state index contributed by atoms with van der Waals surface area (Å²) in [4.78, 5) is 32.7. The molecule has 0 radical (unpaired) electrons. The van der Waals surface area contributed by atoms with Crippen LogP contribution in [0.15, 0.2) is 59.4 Å². The van der Waals surface area contributed by atoms with Crippen LogP contribution >= 0.6 is 0 Å². The number of rotatable bonds is 6. The van der Waals surface area contributed by atoms with E-state index in [1.807, 2.05) is 12.1 Å². The number of aryl methyl sites for hydroxylation is 1. The largest absolute Gasteiger partial charge is 0.351 e. The Hall–Kier alpha value is -4.01. The third-order valence-electron chi connectivity index (χ3n) is 4.50. The number of aromatic amines is 1. The molecule has 0 bridgehead atoms. The number of H-pyrrole nitrogens is 1. The summed E-state index contributed by atoms with van der Waals surface area (Å²) >= 11 is 0. The number of anilines is 1. The van der Waals surface area contributed by atoms with Gasteiger partial charge in [0.25, 0.3) is 17.2 Å². The van der Waals surface area contributed by atoms with Gasteiger partial charge in [-0.05, 0) is 42.3 Å². The Kier molecular flexibility index (Phi) is 5.25. The summed E-state index contributed by atoms with van der Waals surface area (Å²) in [5, 5.41) is 8.76. The van der Waals surface area contributed by atoms with Crippen molar-refractivity contribution in [3.05, 3.63) is 93.2 Å². The van der Waals surface area contributed by atoms with Crippen molar-refractivity contribution >= 4 is 17.6 Å². The summed E-state index contributed by atoms with van der Waals surface area (Å²) in [6, 6.07) is 14.5. The van der Waals surface area contributed by atoms with E-state index in [0.717, 1.165) is 11.1 Å². The molecule has 8 nitrogen and oxygen atoms in total. The topological polar surface area (TPSA) is 104 Å². The van der Waals surface area contributed by atoms with Gasteiger partial charge in [0.15, 0.2) is 0 Å². The predicted molar refractivity (Wildman–Crippen MR) is 110 cm³/mol. The first kappa shape index (κ1) is 19.3. The number of hydrogen-bond donors (Lipinski definition) is 3. The van der Waals surface area contributed by atoms with Crippen LogP contribution in [0, 0.1) is 12.7 Å². The summed E-state index contributed by atoms with van der Waals surface area (Å²) in [5.74, 6) is 0.203. The van der Waals surface area contributed by atoms with E-state index in [4.69, 9.17) is 0 Å². The molecule has 2 aromatic carbocycles. The second-order valence-electron chi connectivity index (χ2n) is 6.80. The van der Waals surface area contributed by atoms with Crippen LogP contribution in [0.5, 0.6) is 0 Å². The predicted octanol–water partition coefficient (Wildman–Crippen LogP) is 2.41. The van der Waals surface area contributed by atoms with Gasteiger partial charge in [-0.3, -0.25) is 14.7 Å². The molecule has 4 aromatic rings. The van der Waals surface area contributed by atoms with E-state index in [1.54, 1.807) is 31.2 Å². The Morgan fingerprint density at radius 1 is 1.03 bits per heavy atom. The lowest BCUT2D eigenvalue weighted by atomic mass is 10.1. The van der Waals surface area contributed by atoms with E-state index in [2.05, 4.69) is 25.7 Å². The summed E-state index contributed by atoms with van der Waals surface area (Å²) in [5.41, 5.74) is 2.65. The zero-order chi connectivity index (χ0) is 21.1. The minimum Gasteiger partial charge on any atom is -0.351 e. The third-order valence-corrected chi connectivity index (χ3v) is 4.50. The third kappa shape index (κ3) is 4.35. The lowest BCUT2D eigenvalue weighted by molar-refractivity contribution is 0.0951. The smallest absolute Gasteiger partial charge is 0.274 e. The molecular weight excluding hydrogens is 387 g/mol. The molecule has 0 spiro atoms. The summed E-state index contributed by atoms with van der Waals surface area (Å²) in [7, 11) is 0. The second kappa shape index (κ2) is 8.16. The lowest BCUT2D eigenvalue weighted by Crippen LogP contribution is -2.22. The van der Waals surface area contributed by atoms with Gasteiger partial charge >= 0.3 is 0 Å². The van der Waals surface area contributed by atoms with Crippen molar-refractivity contribution in [2.45, 2.75) is 20.0 Å². The van der Waals surface area contributed by atoms with Crippen LogP contribution in [-0.2, 0) is 13.1 Å². The number of nitrogens with zero attached hydrogens (tertiary/aromatic N) is 3. The monoisotopic (exact) mass is 406 g/mol. The Morgan fingerprint density at radius 2 is 1.70 bits per heavy atom. The summed E-state index contributed by atoms with van der Waals surface area (Å²) < 4.78 is 14.2. The molecule has 4 rings (SSSR count). The van der Waals surface area contributed by atoms with Crippen molar-refractivity contribution < 1.29 is 9.18 Å². The highest BCUT2D eigenvalue weighted by Gasteiger charge is 2.08. The van der Waals surface area contributed by atoms with Crippen LogP contribution in [0.1, 0.15) is 27.2 Å². The molecule has 0 saturated heterocycles. The van der Waals surface area contributed by atoms with Gasteiger partial charge in [0.05, 0.1) is 0 Å². The number of halogens is 1. The Morgan fingerprint density at radius 3 is 2.43 bits per heavy atom. The fourth-order valence-electron chi connectivity index (χ4n) is 2.92. The van der Waals surface area contributed by atoms with E-state index in [9.17, 15) is 14.0 Å². The van der Waals surface area contributed by atoms with Crippen LogP contribution in [0.2, 0.25) is 0 Å². The van der Waals surface area contributed by atoms with Crippen molar-refractivity contribution in [1.82, 2.24) is 24.9 Å². The standard InChI is InChI=1S/C21H19FN6O2/c1-13-10-18(29)28-21(25-13)26-20(27-28)24-12-14-2-6-16(7-3-14)19(30)23-11-15-4-8-17(22)9-5-15/h2-10H,11-12H2,1H3,(H,23,30)(H2,24,25,26,27). The van der Waals surface area contributed by atoms with Crippen molar-refractivity contribution in [2.24, 2.45) is 0 Å². The second-order valence-corrected chi connectivity index (χ2v) is 6.80. The maximum atomic E-state index is 12.9. The van der Waals surface area contributed by atoms with Gasteiger partial charge in [-0.25, -0.2) is 9.37 Å². The molecule has 2 heterocycles. The number of nitrogens with one attached hydrogen (secondary N) is 3. The molecule has 1 amide bonds. The van der Waals surface area contributed by atoms with Crippen LogP contribution in [0.25, 0.3) is 5.78 Å². The molecule has 2 aromatic heterocycles. The van der Waals surface area contributed by atoms with Gasteiger partial charge in [-0.2, -0.15) is 9.50 Å². The molecule has 152 valence electrons. The molecule has 0 aliphatic carbocycles. The van der Waals surface area contributed by atoms with Gasteiger partial charge in [0.1, 0.15) is 5.82 Å². The maximum absolute atomic E-state index is 12.9. The lowest BCUT2D eigenvalue weighted by Gasteiger charge is -2.07. The van der Waals surface area contributed by atoms with Crippen molar-refractivity contribution in [2.75, 3.05) is 5.32 Å². The quantitative estimate of drug-likeness (QED) is 0.456. The molecule has 0 aliphatic heterocycles. The average molecular weight is 406 g/mol. The van der Waals surface area contributed by atoms with Crippen LogP contribution in [0.4, 0.5) is 10.3 Å². The first-order chi connectivity index (χ1) is 14.5. The van der Waals surface area contributed by atoms with Crippen LogP contribution < -0.4 is 16.2 Å². The maximum Gasteiger partial charge on any atom is 0.274 e. The first-order valence-corrected chi connectivity index (χ1v) is 9.30. The minimum atomic E-state index is -0.310. The SMILES string of the molecule is Cc1cc(=O)n2[nH]c(NCc3ccc(C(=O)NCc4ccc(F)cc4)cc3)nc2n1. The van der Waals surface area contributed by atoms with E-state index in [1.165, 1.54) is 22.7 Å². The molecule has 0 atom stereocenters. The summed E-state index contributed by atoms with van der Waals surface area (Å²) in [6.45, 7) is 2.51. The van der Waals surface area contributed by atoms with Crippen molar-refractivity contribution in [3.8, 4) is 0 Å².